The van der Waals surface area contributed by atoms with Crippen LogP contribution < -0.4 is 10.0 Å². The molecule has 0 saturated heterocycles. The van der Waals surface area contributed by atoms with E-state index >= 15 is 0 Å². The third-order valence-corrected chi connectivity index (χ3v) is 6.36. The van der Waals surface area contributed by atoms with E-state index in [2.05, 4.69) is 10.0 Å². The molecular weight excluding hydrogens is 477 g/mol. The first kappa shape index (κ1) is 24.1. The minimum Gasteiger partial charge on any atom is -0.478 e. The highest BCUT2D eigenvalue weighted by Gasteiger charge is 2.20. The first-order chi connectivity index (χ1) is 15.6. The Morgan fingerprint density at radius 3 is 2.33 bits per heavy atom. The minimum absolute atomic E-state index is 0.0159. The Labute approximate surface area is 193 Å². The van der Waals surface area contributed by atoms with Gasteiger partial charge in [-0.3, -0.25) is 10.1 Å². The lowest BCUT2D eigenvalue weighted by atomic mass is 10.0. The van der Waals surface area contributed by atoms with Crippen molar-refractivity contribution < 1.29 is 27.6 Å². The van der Waals surface area contributed by atoms with Gasteiger partial charge in [-0.05, 0) is 47.5 Å². The summed E-state index contributed by atoms with van der Waals surface area (Å²) in [6.45, 7) is -0.124. The molecule has 0 spiro atoms. The van der Waals surface area contributed by atoms with Gasteiger partial charge in [0.05, 0.1) is 15.4 Å². The average molecular weight is 494 g/mol. The van der Waals surface area contributed by atoms with Crippen LogP contribution in [0.1, 0.15) is 10.4 Å². The molecule has 0 saturated carbocycles. The van der Waals surface area contributed by atoms with Gasteiger partial charge in [0.1, 0.15) is 10.8 Å². The lowest BCUT2D eigenvalue weighted by Gasteiger charge is -2.13. The fourth-order valence-corrected chi connectivity index (χ4v) is 4.20. The van der Waals surface area contributed by atoms with Crippen LogP contribution in [0.2, 0.25) is 5.02 Å². The van der Waals surface area contributed by atoms with Crippen LogP contribution in [0.3, 0.4) is 0 Å². The molecule has 172 valence electrons. The first-order valence-electron chi connectivity index (χ1n) is 9.39. The molecule has 0 aliphatic heterocycles. The molecule has 0 radical (unpaired) electrons. The Morgan fingerprint density at radius 2 is 1.70 bits per heavy atom. The van der Waals surface area contributed by atoms with Gasteiger partial charge in [0, 0.05) is 24.8 Å². The summed E-state index contributed by atoms with van der Waals surface area (Å²) in [6, 6.07) is 13.3. The molecular formula is C21H17ClFN3O6S. The van der Waals surface area contributed by atoms with E-state index < -0.39 is 32.4 Å². The first-order valence-corrected chi connectivity index (χ1v) is 11.3. The number of sulfonamides is 1. The Balaban J connectivity index is 1.72. The molecule has 0 aliphatic carbocycles. The summed E-state index contributed by atoms with van der Waals surface area (Å²) in [7, 11) is -4.07. The predicted molar refractivity (Wildman–Crippen MR) is 121 cm³/mol. The van der Waals surface area contributed by atoms with E-state index in [1.165, 1.54) is 18.2 Å². The van der Waals surface area contributed by atoms with Gasteiger partial charge in [-0.15, -0.1) is 0 Å². The van der Waals surface area contributed by atoms with Gasteiger partial charge in [-0.2, -0.15) is 0 Å². The number of nitrogens with one attached hydrogen (secondary N) is 2. The average Bonchev–Trinajstić information content (AvgIpc) is 2.77. The fourth-order valence-electron chi connectivity index (χ4n) is 2.96. The van der Waals surface area contributed by atoms with Gasteiger partial charge in [-0.25, -0.2) is 22.3 Å². The Morgan fingerprint density at radius 1 is 1.03 bits per heavy atom. The SMILES string of the molecule is O=C(O)c1ccc(-c2ccc(F)cc2)cc1NCCNS(=O)(=O)c1ccc(Cl)c([N+](=O)[O-])c1. The molecule has 3 N–H and O–H groups in total. The number of hydrogen-bond donors (Lipinski definition) is 3. The second-order valence-electron chi connectivity index (χ2n) is 6.77. The van der Waals surface area contributed by atoms with Gasteiger partial charge in [0.25, 0.3) is 5.69 Å². The number of carboxylic acid groups (broad SMARTS) is 1. The van der Waals surface area contributed by atoms with Crippen molar-refractivity contribution >= 4 is 39.0 Å². The normalized spacial score (nSPS) is 11.2. The van der Waals surface area contributed by atoms with Crippen molar-refractivity contribution in [1.82, 2.24) is 4.72 Å². The Kier molecular flexibility index (Phi) is 7.26. The van der Waals surface area contributed by atoms with Crippen LogP contribution in [0.5, 0.6) is 0 Å². The molecule has 0 aliphatic rings. The number of nitro benzene ring substituents is 1. The van der Waals surface area contributed by atoms with E-state index in [1.54, 1.807) is 24.3 Å². The van der Waals surface area contributed by atoms with Gasteiger partial charge in [-0.1, -0.05) is 29.8 Å². The number of benzene rings is 3. The number of nitro groups is 1. The van der Waals surface area contributed by atoms with Crippen molar-refractivity contribution in [2.75, 3.05) is 18.4 Å². The van der Waals surface area contributed by atoms with Crippen molar-refractivity contribution in [3.63, 3.8) is 0 Å². The Bertz CT molecular complexity index is 1320. The van der Waals surface area contributed by atoms with Crippen molar-refractivity contribution in [2.45, 2.75) is 4.90 Å². The van der Waals surface area contributed by atoms with Crippen LogP contribution in [-0.4, -0.2) is 37.5 Å². The summed E-state index contributed by atoms with van der Waals surface area (Å²) in [4.78, 5) is 21.4. The van der Waals surface area contributed by atoms with E-state index in [4.69, 9.17) is 11.6 Å². The maximum absolute atomic E-state index is 13.2. The molecule has 33 heavy (non-hydrogen) atoms. The summed E-state index contributed by atoms with van der Waals surface area (Å²) >= 11 is 5.71. The molecule has 12 heteroatoms. The number of carboxylic acids is 1. The van der Waals surface area contributed by atoms with Crippen LogP contribution in [0.4, 0.5) is 15.8 Å². The molecule has 0 bridgehead atoms. The lowest BCUT2D eigenvalue weighted by Crippen LogP contribution is -2.29. The molecule has 0 atom stereocenters. The molecule has 0 aromatic heterocycles. The highest BCUT2D eigenvalue weighted by molar-refractivity contribution is 7.89. The summed E-state index contributed by atoms with van der Waals surface area (Å²) in [5, 5.41) is 23.1. The topological polar surface area (TPSA) is 139 Å². The number of rotatable bonds is 9. The number of nitrogens with zero attached hydrogens (tertiary/aromatic N) is 1. The summed E-state index contributed by atoms with van der Waals surface area (Å²) in [5.41, 5.74) is 0.974. The molecule has 0 unspecified atom stereocenters. The minimum atomic E-state index is -4.07. The van der Waals surface area contributed by atoms with Crippen molar-refractivity contribution in [2.24, 2.45) is 0 Å². The number of hydrogen-bond acceptors (Lipinski definition) is 6. The van der Waals surface area contributed by atoms with Gasteiger partial charge < -0.3 is 10.4 Å². The van der Waals surface area contributed by atoms with Gasteiger partial charge >= 0.3 is 5.97 Å². The standard InChI is InChI=1S/C21H17ClFN3O6S/c22-18-8-6-16(12-20(18)26(29)30)33(31,32)25-10-9-24-19-11-14(3-7-17(19)21(27)28)13-1-4-15(23)5-2-13/h1-8,11-12,24-25H,9-10H2,(H,27,28). The number of aromatic carboxylic acids is 1. The van der Waals surface area contributed by atoms with Gasteiger partial charge in [0.15, 0.2) is 0 Å². The van der Waals surface area contributed by atoms with Crippen LogP contribution in [-0.2, 0) is 10.0 Å². The summed E-state index contributed by atoms with van der Waals surface area (Å²) in [5.74, 6) is -1.59. The van der Waals surface area contributed by atoms with E-state index in [0.29, 0.717) is 11.1 Å². The zero-order valence-corrected chi connectivity index (χ0v) is 18.4. The smallest absolute Gasteiger partial charge is 0.337 e. The Hall–Kier alpha value is -3.54. The molecule has 3 aromatic carbocycles. The zero-order valence-electron chi connectivity index (χ0n) is 16.8. The summed E-state index contributed by atoms with van der Waals surface area (Å²) in [6.07, 6.45) is 0. The second kappa shape index (κ2) is 9.94. The van der Waals surface area contributed by atoms with E-state index in [1.807, 2.05) is 0 Å². The third kappa shape index (κ3) is 5.83. The zero-order chi connectivity index (χ0) is 24.2. The number of halogens is 2. The highest BCUT2D eigenvalue weighted by atomic mass is 35.5. The van der Waals surface area contributed by atoms with Crippen molar-refractivity contribution in [1.29, 1.82) is 0 Å². The van der Waals surface area contributed by atoms with E-state index in [-0.39, 0.29) is 34.3 Å². The predicted octanol–water partition coefficient (Wildman–Crippen LogP) is 4.14. The molecule has 0 fully saturated rings. The van der Waals surface area contributed by atoms with Crippen molar-refractivity contribution in [3.05, 3.63) is 87.2 Å². The van der Waals surface area contributed by atoms with E-state index in [9.17, 15) is 32.8 Å². The largest absolute Gasteiger partial charge is 0.478 e. The maximum atomic E-state index is 13.2. The van der Waals surface area contributed by atoms with Crippen LogP contribution in [0.25, 0.3) is 11.1 Å². The fraction of sp³-hybridized carbons (Fsp3) is 0.0952. The van der Waals surface area contributed by atoms with Crippen LogP contribution in [0.15, 0.2) is 65.6 Å². The van der Waals surface area contributed by atoms with Crippen LogP contribution >= 0.6 is 11.6 Å². The number of carbonyl (C=O) groups is 1. The maximum Gasteiger partial charge on any atom is 0.337 e. The number of anilines is 1. The van der Waals surface area contributed by atoms with Crippen LogP contribution in [0, 0.1) is 15.9 Å². The second-order valence-corrected chi connectivity index (χ2v) is 8.94. The van der Waals surface area contributed by atoms with Gasteiger partial charge in [0.2, 0.25) is 10.0 Å². The molecule has 3 aromatic rings. The molecule has 3 rings (SSSR count). The molecule has 0 heterocycles. The quantitative estimate of drug-likeness (QED) is 0.231. The summed E-state index contributed by atoms with van der Waals surface area (Å²) < 4.78 is 40.3. The molecule has 9 nitrogen and oxygen atoms in total. The highest BCUT2D eigenvalue weighted by Crippen LogP contribution is 2.28. The van der Waals surface area contributed by atoms with E-state index in [0.717, 1.165) is 18.2 Å². The lowest BCUT2D eigenvalue weighted by molar-refractivity contribution is -0.384. The third-order valence-electron chi connectivity index (χ3n) is 4.58. The monoisotopic (exact) mass is 493 g/mol. The molecule has 0 amide bonds. The van der Waals surface area contributed by atoms with Crippen molar-refractivity contribution in [3.8, 4) is 11.1 Å².